The van der Waals surface area contributed by atoms with Crippen LogP contribution in [0, 0.1) is 11.2 Å². The van der Waals surface area contributed by atoms with Crippen molar-refractivity contribution in [3.05, 3.63) is 41.0 Å². The number of H-pyrrole nitrogens is 2. The van der Waals surface area contributed by atoms with Crippen LogP contribution in [-0.2, 0) is 0 Å². The van der Waals surface area contributed by atoms with Crippen LogP contribution in [0.4, 0.5) is 4.39 Å². The monoisotopic (exact) mass is 233 g/mol. The summed E-state index contributed by atoms with van der Waals surface area (Å²) in [6.45, 7) is 0. The van der Waals surface area contributed by atoms with E-state index in [-0.39, 0.29) is 5.82 Å². The maximum absolute atomic E-state index is 13.3. The van der Waals surface area contributed by atoms with Gasteiger partial charge in [0.1, 0.15) is 5.82 Å². The van der Waals surface area contributed by atoms with Gasteiger partial charge < -0.3 is 9.36 Å². The van der Waals surface area contributed by atoms with Crippen LogP contribution in [0.2, 0.25) is 0 Å². The highest BCUT2D eigenvalue weighted by molar-refractivity contribution is 7.03. The van der Waals surface area contributed by atoms with Gasteiger partial charge in [-0.2, -0.15) is 0 Å². The summed E-state index contributed by atoms with van der Waals surface area (Å²) in [7, 11) is 0. The molecule has 0 spiro atoms. The van der Waals surface area contributed by atoms with Gasteiger partial charge in [0, 0.05) is 22.3 Å². The van der Waals surface area contributed by atoms with Crippen LogP contribution in [0.15, 0.2) is 29.8 Å². The molecule has 80 valence electrons. The van der Waals surface area contributed by atoms with Gasteiger partial charge in [0.15, 0.2) is 0 Å². The molecule has 0 saturated heterocycles. The van der Waals surface area contributed by atoms with E-state index in [0.29, 0.717) is 16.3 Å². The Labute approximate surface area is 93.9 Å². The second kappa shape index (κ2) is 3.31. The molecule has 0 fully saturated rings. The van der Waals surface area contributed by atoms with Gasteiger partial charge in [0.05, 0.1) is 16.4 Å². The van der Waals surface area contributed by atoms with E-state index in [1.54, 1.807) is 0 Å². The van der Waals surface area contributed by atoms with Crippen LogP contribution in [0.1, 0.15) is 0 Å². The molecule has 0 atom stereocenters. The Morgan fingerprint density at radius 1 is 1.19 bits per heavy atom. The lowest BCUT2D eigenvalue weighted by Gasteiger charge is -1.88. The predicted octanol–water partition coefficient (Wildman–Crippen LogP) is 2.89. The molecule has 3 N–H and O–H groups in total. The summed E-state index contributed by atoms with van der Waals surface area (Å²) < 4.78 is 16.4. The standard InChI is InChI=1S/C11H8FN3S/c12-6-1-3-14-11-8(5-6)10-7(9(11)13)2-4-16-15-10/h1-5,13-15H. The van der Waals surface area contributed by atoms with Gasteiger partial charge in [0.2, 0.25) is 0 Å². The first kappa shape index (κ1) is 9.35. The van der Waals surface area contributed by atoms with Gasteiger partial charge in [-0.05, 0) is 18.2 Å². The van der Waals surface area contributed by atoms with Crippen LogP contribution < -0.4 is 5.36 Å². The van der Waals surface area contributed by atoms with Crippen molar-refractivity contribution in [1.29, 1.82) is 5.41 Å². The maximum Gasteiger partial charge on any atom is 0.125 e. The van der Waals surface area contributed by atoms with Gasteiger partial charge in [0.25, 0.3) is 0 Å². The lowest BCUT2D eigenvalue weighted by Crippen LogP contribution is -1.94. The first-order chi connectivity index (χ1) is 7.77. The molecular weight excluding hydrogens is 225 g/mol. The fraction of sp³-hybridized carbons (Fsp3) is 0. The van der Waals surface area contributed by atoms with Crippen molar-refractivity contribution in [3.63, 3.8) is 0 Å². The molecule has 16 heavy (non-hydrogen) atoms. The molecule has 5 heteroatoms. The fourth-order valence-corrected chi connectivity index (χ4v) is 2.43. The van der Waals surface area contributed by atoms with E-state index in [2.05, 4.69) is 9.36 Å². The van der Waals surface area contributed by atoms with Gasteiger partial charge >= 0.3 is 0 Å². The molecule has 0 amide bonds. The normalized spacial score (nSPS) is 11.1. The second-order valence-corrected chi connectivity index (χ2v) is 4.19. The third kappa shape index (κ3) is 1.22. The van der Waals surface area contributed by atoms with Crippen molar-refractivity contribution in [1.82, 2.24) is 9.36 Å². The highest BCUT2D eigenvalue weighted by atomic mass is 32.1. The average molecular weight is 233 g/mol. The fourth-order valence-electron chi connectivity index (χ4n) is 1.82. The molecule has 0 unspecified atom stereocenters. The zero-order valence-corrected chi connectivity index (χ0v) is 8.99. The largest absolute Gasteiger partial charge is 0.359 e. The number of halogens is 1. The van der Waals surface area contributed by atoms with Crippen molar-refractivity contribution in [2.45, 2.75) is 0 Å². The van der Waals surface area contributed by atoms with E-state index in [1.807, 2.05) is 11.4 Å². The lowest BCUT2D eigenvalue weighted by atomic mass is 10.3. The minimum atomic E-state index is -0.319. The minimum Gasteiger partial charge on any atom is -0.359 e. The predicted molar refractivity (Wildman–Crippen MR) is 62.7 cm³/mol. The molecule has 3 rings (SSSR count). The first-order valence-corrected chi connectivity index (χ1v) is 5.62. The molecule has 3 nitrogen and oxygen atoms in total. The number of hydrogen-bond acceptors (Lipinski definition) is 2. The highest BCUT2D eigenvalue weighted by Gasteiger charge is 2.07. The Morgan fingerprint density at radius 3 is 2.94 bits per heavy atom. The molecule has 0 aliphatic carbocycles. The number of hydrogen-bond donors (Lipinski definition) is 3. The Morgan fingerprint density at radius 2 is 2.06 bits per heavy atom. The number of aromatic amines is 2. The minimum absolute atomic E-state index is 0.319. The topological polar surface area (TPSA) is 55.4 Å². The number of nitrogens with one attached hydrogen (secondary N) is 3. The van der Waals surface area contributed by atoms with Crippen LogP contribution in [0.5, 0.6) is 0 Å². The molecule has 3 aromatic rings. The van der Waals surface area contributed by atoms with Crippen LogP contribution in [0.3, 0.4) is 0 Å². The second-order valence-electron chi connectivity index (χ2n) is 3.48. The van der Waals surface area contributed by atoms with Gasteiger partial charge in [-0.1, -0.05) is 11.5 Å². The van der Waals surface area contributed by atoms with Crippen LogP contribution >= 0.6 is 11.5 Å². The first-order valence-electron chi connectivity index (χ1n) is 4.74. The lowest BCUT2D eigenvalue weighted by molar-refractivity contribution is 0.630. The summed E-state index contributed by atoms with van der Waals surface area (Å²) in [5.74, 6) is -0.319. The Kier molecular flexibility index (Phi) is 1.94. The molecule has 2 heterocycles. The smallest absolute Gasteiger partial charge is 0.125 e. The summed E-state index contributed by atoms with van der Waals surface area (Å²) >= 11 is 1.42. The summed E-state index contributed by atoms with van der Waals surface area (Å²) in [5.41, 5.74) is 1.45. The zero-order chi connectivity index (χ0) is 11.1. The molecule has 0 saturated carbocycles. The van der Waals surface area contributed by atoms with E-state index in [9.17, 15) is 4.39 Å². The van der Waals surface area contributed by atoms with Crippen molar-refractivity contribution in [2.24, 2.45) is 0 Å². The number of fused-ring (bicyclic) bond motifs is 3. The summed E-state index contributed by atoms with van der Waals surface area (Å²) in [6, 6.07) is 4.65. The molecule has 1 aromatic carbocycles. The summed E-state index contributed by atoms with van der Waals surface area (Å²) in [5, 5.41) is 11.8. The van der Waals surface area contributed by atoms with E-state index in [4.69, 9.17) is 5.41 Å². The van der Waals surface area contributed by atoms with Gasteiger partial charge in [-0.3, -0.25) is 5.41 Å². The maximum atomic E-state index is 13.3. The van der Waals surface area contributed by atoms with Gasteiger partial charge in [-0.25, -0.2) is 4.39 Å². The Balaban J connectivity index is 2.71. The molecule has 0 aliphatic rings. The summed E-state index contributed by atoms with van der Waals surface area (Å²) in [6.07, 6.45) is 1.51. The third-order valence-electron chi connectivity index (χ3n) is 2.54. The van der Waals surface area contributed by atoms with E-state index in [0.717, 1.165) is 10.9 Å². The van der Waals surface area contributed by atoms with Crippen molar-refractivity contribution in [3.8, 4) is 0 Å². The van der Waals surface area contributed by atoms with Crippen LogP contribution in [0.25, 0.3) is 21.8 Å². The van der Waals surface area contributed by atoms with Crippen molar-refractivity contribution < 1.29 is 4.39 Å². The SMILES string of the molecule is N=c1c2ccs[nH]c2c2cc(F)cc[nH]c12. The van der Waals surface area contributed by atoms with Crippen LogP contribution in [-0.4, -0.2) is 9.36 Å². The molecule has 0 radical (unpaired) electrons. The number of aromatic nitrogens is 2. The zero-order valence-electron chi connectivity index (χ0n) is 8.17. The Hall–Kier alpha value is -1.88. The Bertz CT molecular complexity index is 751. The molecule has 2 aromatic heterocycles. The molecule has 0 bridgehead atoms. The number of rotatable bonds is 0. The molecular formula is C11H8FN3S. The van der Waals surface area contributed by atoms with Crippen molar-refractivity contribution in [2.75, 3.05) is 0 Å². The van der Waals surface area contributed by atoms with E-state index < -0.39 is 0 Å². The van der Waals surface area contributed by atoms with E-state index >= 15 is 0 Å². The summed E-state index contributed by atoms with van der Waals surface area (Å²) in [4.78, 5) is 2.94. The van der Waals surface area contributed by atoms with Crippen molar-refractivity contribution >= 4 is 33.3 Å². The highest BCUT2D eigenvalue weighted by Crippen LogP contribution is 2.20. The third-order valence-corrected chi connectivity index (χ3v) is 3.14. The molecule has 0 aliphatic heterocycles. The average Bonchev–Trinajstić information content (AvgIpc) is 2.47. The van der Waals surface area contributed by atoms with Gasteiger partial charge in [-0.15, -0.1) is 0 Å². The quantitative estimate of drug-likeness (QED) is 0.535. The van der Waals surface area contributed by atoms with E-state index in [1.165, 1.54) is 29.9 Å².